The average Bonchev–Trinajstić information content (AvgIpc) is 2.44. The molecule has 1 unspecified atom stereocenters. The van der Waals surface area contributed by atoms with E-state index in [9.17, 15) is 9.90 Å². The van der Waals surface area contributed by atoms with E-state index in [2.05, 4.69) is 10.6 Å². The second-order valence-corrected chi connectivity index (χ2v) is 5.86. The van der Waals surface area contributed by atoms with Gasteiger partial charge in [-0.25, -0.2) is 4.79 Å². The van der Waals surface area contributed by atoms with Gasteiger partial charge in [0, 0.05) is 25.2 Å². The van der Waals surface area contributed by atoms with E-state index >= 15 is 0 Å². The summed E-state index contributed by atoms with van der Waals surface area (Å²) < 4.78 is 5.37. The number of hydrogen-bond donors (Lipinski definition) is 3. The predicted octanol–water partition coefficient (Wildman–Crippen LogP) is 2.24. The van der Waals surface area contributed by atoms with E-state index < -0.39 is 5.60 Å². The first-order valence-electron chi connectivity index (χ1n) is 7.05. The van der Waals surface area contributed by atoms with Crippen LogP contribution in [0.15, 0.2) is 24.3 Å². The molecule has 0 aromatic heterocycles. The number of nitrogens with one attached hydrogen (secondary N) is 2. The normalized spacial score (nSPS) is 17.7. The topological polar surface area (TPSA) is 70.6 Å². The van der Waals surface area contributed by atoms with Crippen molar-refractivity contribution in [3.63, 3.8) is 0 Å². The minimum Gasteiger partial charge on any atom is -0.388 e. The Bertz CT molecular complexity index is 492. The molecule has 0 spiro atoms. The van der Waals surface area contributed by atoms with E-state index in [-0.39, 0.29) is 18.7 Å². The van der Waals surface area contributed by atoms with Gasteiger partial charge in [-0.2, -0.15) is 0 Å². The largest absolute Gasteiger partial charge is 0.388 e. The van der Waals surface area contributed by atoms with Gasteiger partial charge in [0.1, 0.15) is 0 Å². The lowest BCUT2D eigenvalue weighted by Crippen LogP contribution is -2.50. The first-order valence-corrected chi connectivity index (χ1v) is 7.42. The molecule has 0 aliphatic heterocycles. The molecule has 1 aromatic rings. The van der Waals surface area contributed by atoms with Crippen molar-refractivity contribution in [2.45, 2.75) is 31.0 Å². The molecule has 0 heterocycles. The van der Waals surface area contributed by atoms with Crippen LogP contribution < -0.4 is 10.6 Å². The monoisotopic (exact) mass is 312 g/mol. The van der Waals surface area contributed by atoms with Gasteiger partial charge in [0.2, 0.25) is 0 Å². The summed E-state index contributed by atoms with van der Waals surface area (Å²) in [6, 6.07) is 7.04. The number of benzene rings is 1. The van der Waals surface area contributed by atoms with Gasteiger partial charge in [0.05, 0.1) is 11.7 Å². The van der Waals surface area contributed by atoms with Crippen LogP contribution in [0.4, 0.5) is 4.79 Å². The molecule has 3 N–H and O–H groups in total. The van der Waals surface area contributed by atoms with E-state index in [0.29, 0.717) is 11.6 Å². The maximum absolute atomic E-state index is 11.7. The summed E-state index contributed by atoms with van der Waals surface area (Å²) in [5.74, 6) is 0. The van der Waals surface area contributed by atoms with Gasteiger partial charge < -0.3 is 20.5 Å². The predicted molar refractivity (Wildman–Crippen MR) is 81.4 cm³/mol. The molecule has 2 rings (SSSR count). The standard InChI is InChI=1S/C15H21ClN2O3/c1-21-13(11-4-2-5-12(16)8-11)9-17-14(19)18-10-15(20)6-3-7-15/h2,4-5,8,13,20H,3,6-7,9-10H2,1H3,(H2,17,18,19). The number of rotatable bonds is 6. The minimum atomic E-state index is -0.717. The lowest BCUT2D eigenvalue weighted by atomic mass is 9.80. The third-order valence-electron chi connectivity index (χ3n) is 3.82. The summed E-state index contributed by atoms with van der Waals surface area (Å²) in [7, 11) is 1.59. The third kappa shape index (κ3) is 4.59. The zero-order valence-electron chi connectivity index (χ0n) is 12.1. The number of carbonyl (C=O) groups excluding carboxylic acids is 1. The summed E-state index contributed by atoms with van der Waals surface area (Å²) in [4.78, 5) is 11.7. The van der Waals surface area contributed by atoms with Gasteiger partial charge in [0.15, 0.2) is 0 Å². The molecule has 0 bridgehead atoms. The molecule has 6 heteroatoms. The van der Waals surface area contributed by atoms with Crippen LogP contribution in [0, 0.1) is 0 Å². The van der Waals surface area contributed by atoms with E-state index in [0.717, 1.165) is 24.8 Å². The van der Waals surface area contributed by atoms with Crippen LogP contribution in [0.5, 0.6) is 0 Å². The maximum Gasteiger partial charge on any atom is 0.314 e. The molecule has 1 saturated carbocycles. The van der Waals surface area contributed by atoms with Crippen molar-refractivity contribution in [3.8, 4) is 0 Å². The molecule has 1 fully saturated rings. The highest BCUT2D eigenvalue weighted by molar-refractivity contribution is 6.30. The number of ether oxygens (including phenoxy) is 1. The number of urea groups is 1. The molecule has 21 heavy (non-hydrogen) atoms. The number of aliphatic hydroxyl groups is 1. The average molecular weight is 313 g/mol. The molecule has 5 nitrogen and oxygen atoms in total. The van der Waals surface area contributed by atoms with Crippen LogP contribution in [-0.2, 0) is 4.74 Å². The highest BCUT2D eigenvalue weighted by Gasteiger charge is 2.34. The zero-order chi connectivity index (χ0) is 15.3. The number of halogens is 1. The Kier molecular flexibility index (Phi) is 5.45. The maximum atomic E-state index is 11.7. The van der Waals surface area contributed by atoms with E-state index in [4.69, 9.17) is 16.3 Å². The number of carbonyl (C=O) groups is 1. The lowest BCUT2D eigenvalue weighted by molar-refractivity contribution is -0.0290. The lowest BCUT2D eigenvalue weighted by Gasteiger charge is -2.36. The summed E-state index contributed by atoms with van der Waals surface area (Å²) in [6.07, 6.45) is 2.24. The fourth-order valence-electron chi connectivity index (χ4n) is 2.30. The Balaban J connectivity index is 1.78. The van der Waals surface area contributed by atoms with Crippen molar-refractivity contribution in [3.05, 3.63) is 34.9 Å². The van der Waals surface area contributed by atoms with Crippen molar-refractivity contribution in [2.75, 3.05) is 20.2 Å². The van der Waals surface area contributed by atoms with Gasteiger partial charge in [0.25, 0.3) is 0 Å². The molecule has 1 aliphatic carbocycles. The van der Waals surface area contributed by atoms with Crippen molar-refractivity contribution in [1.82, 2.24) is 10.6 Å². The quantitative estimate of drug-likeness (QED) is 0.754. The highest BCUT2D eigenvalue weighted by atomic mass is 35.5. The number of amides is 2. The van der Waals surface area contributed by atoms with Gasteiger partial charge in [-0.3, -0.25) is 0 Å². The SMILES string of the molecule is COC(CNC(=O)NCC1(O)CCC1)c1cccc(Cl)c1. The molecule has 1 aliphatic rings. The van der Waals surface area contributed by atoms with Crippen LogP contribution in [0.1, 0.15) is 30.9 Å². The van der Waals surface area contributed by atoms with Crippen LogP contribution in [0.2, 0.25) is 5.02 Å². The van der Waals surface area contributed by atoms with E-state index in [1.807, 2.05) is 18.2 Å². The van der Waals surface area contributed by atoms with Crippen LogP contribution in [0.25, 0.3) is 0 Å². The Labute approximate surface area is 129 Å². The second kappa shape index (κ2) is 7.11. The second-order valence-electron chi connectivity index (χ2n) is 5.42. The number of methoxy groups -OCH3 is 1. The molecule has 1 atom stereocenters. The Morgan fingerprint density at radius 1 is 1.48 bits per heavy atom. The Morgan fingerprint density at radius 3 is 2.81 bits per heavy atom. The summed E-state index contributed by atoms with van der Waals surface area (Å²) in [6.45, 7) is 0.620. The first-order chi connectivity index (χ1) is 10.0. The van der Waals surface area contributed by atoms with Gasteiger partial charge in [-0.05, 0) is 37.0 Å². The Hall–Kier alpha value is -1.30. The molecule has 1 aromatic carbocycles. The minimum absolute atomic E-state index is 0.263. The van der Waals surface area contributed by atoms with Crippen molar-refractivity contribution < 1.29 is 14.6 Å². The fourth-order valence-corrected chi connectivity index (χ4v) is 2.50. The molecular weight excluding hydrogens is 292 g/mol. The van der Waals surface area contributed by atoms with Crippen molar-refractivity contribution >= 4 is 17.6 Å². The van der Waals surface area contributed by atoms with Crippen LogP contribution in [0.3, 0.4) is 0 Å². The molecule has 2 amide bonds. The van der Waals surface area contributed by atoms with Crippen LogP contribution in [-0.4, -0.2) is 36.9 Å². The van der Waals surface area contributed by atoms with Crippen molar-refractivity contribution in [1.29, 1.82) is 0 Å². The van der Waals surface area contributed by atoms with Crippen LogP contribution >= 0.6 is 11.6 Å². The molecule has 116 valence electrons. The van der Waals surface area contributed by atoms with Gasteiger partial charge in [-0.15, -0.1) is 0 Å². The first kappa shape index (κ1) is 16.1. The molecular formula is C15H21ClN2O3. The fraction of sp³-hybridized carbons (Fsp3) is 0.533. The smallest absolute Gasteiger partial charge is 0.314 e. The number of hydrogen-bond acceptors (Lipinski definition) is 3. The highest BCUT2D eigenvalue weighted by Crippen LogP contribution is 2.30. The zero-order valence-corrected chi connectivity index (χ0v) is 12.8. The molecule has 0 radical (unpaired) electrons. The van der Waals surface area contributed by atoms with E-state index in [1.54, 1.807) is 13.2 Å². The van der Waals surface area contributed by atoms with Gasteiger partial charge in [-0.1, -0.05) is 23.7 Å². The van der Waals surface area contributed by atoms with Crippen molar-refractivity contribution in [2.24, 2.45) is 0 Å². The van der Waals surface area contributed by atoms with E-state index in [1.165, 1.54) is 0 Å². The summed E-state index contributed by atoms with van der Waals surface area (Å²) in [5.41, 5.74) is 0.188. The third-order valence-corrected chi connectivity index (χ3v) is 4.05. The summed E-state index contributed by atoms with van der Waals surface area (Å²) in [5, 5.41) is 16.0. The summed E-state index contributed by atoms with van der Waals surface area (Å²) >= 11 is 5.95. The molecule has 0 saturated heterocycles. The van der Waals surface area contributed by atoms with Gasteiger partial charge >= 0.3 is 6.03 Å². The Morgan fingerprint density at radius 2 is 2.24 bits per heavy atom.